The van der Waals surface area contributed by atoms with Crippen molar-refractivity contribution in [3.63, 3.8) is 0 Å². The molecule has 1 N–H and O–H groups in total. The van der Waals surface area contributed by atoms with Crippen LogP contribution in [0.2, 0.25) is 0 Å². The maximum atomic E-state index is 12.6. The third-order valence-corrected chi connectivity index (χ3v) is 6.98. The maximum absolute atomic E-state index is 12.6. The molecule has 0 fully saturated rings. The number of thiazole rings is 1. The summed E-state index contributed by atoms with van der Waals surface area (Å²) in [5.74, 6) is 0.883. The fourth-order valence-corrected chi connectivity index (χ4v) is 5.07. The molecule has 2 aromatic carbocycles. The summed E-state index contributed by atoms with van der Waals surface area (Å²) in [4.78, 5) is 17.1. The number of aromatic nitrogens is 2. The molecular formula is C21H17N3O5S2. The van der Waals surface area contributed by atoms with E-state index in [9.17, 15) is 13.2 Å². The molecular weight excluding hydrogens is 438 g/mol. The second kappa shape index (κ2) is 7.17. The average Bonchev–Trinajstić information content (AvgIpc) is 3.42. The highest BCUT2D eigenvalue weighted by atomic mass is 32.2. The first-order chi connectivity index (χ1) is 14.8. The van der Waals surface area contributed by atoms with Crippen LogP contribution in [0.5, 0.6) is 5.75 Å². The summed E-state index contributed by atoms with van der Waals surface area (Å²) in [7, 11) is -3.32. The molecule has 0 bridgehead atoms. The summed E-state index contributed by atoms with van der Waals surface area (Å²) >= 11 is 1.19. The van der Waals surface area contributed by atoms with Crippen LogP contribution in [0.1, 0.15) is 23.0 Å². The Labute approximate surface area is 181 Å². The van der Waals surface area contributed by atoms with E-state index in [1.54, 1.807) is 18.2 Å². The highest BCUT2D eigenvalue weighted by Crippen LogP contribution is 2.33. The van der Waals surface area contributed by atoms with Gasteiger partial charge in [-0.25, -0.2) is 13.4 Å². The number of hydrogen-bond acceptors (Lipinski definition) is 8. The molecule has 158 valence electrons. The van der Waals surface area contributed by atoms with Gasteiger partial charge < -0.3 is 9.26 Å². The SMILES string of the molecule is CC1Cc2cc(-c3cc(C(=O)Nc4nc5ccc(S(C)(=O)=O)cc5s4)no3)ccc2O1. The van der Waals surface area contributed by atoms with Crippen molar-refractivity contribution in [2.45, 2.75) is 24.3 Å². The van der Waals surface area contributed by atoms with Crippen LogP contribution in [0, 0.1) is 0 Å². The number of sulfone groups is 1. The van der Waals surface area contributed by atoms with E-state index in [-0.39, 0.29) is 16.7 Å². The molecule has 2 aromatic heterocycles. The Morgan fingerprint density at radius 1 is 1.19 bits per heavy atom. The Balaban J connectivity index is 1.36. The van der Waals surface area contributed by atoms with Crippen LogP contribution in [0.3, 0.4) is 0 Å². The largest absolute Gasteiger partial charge is 0.490 e. The normalized spacial score (nSPS) is 15.6. The summed E-state index contributed by atoms with van der Waals surface area (Å²) in [6.07, 6.45) is 2.11. The van der Waals surface area contributed by atoms with E-state index >= 15 is 0 Å². The molecule has 31 heavy (non-hydrogen) atoms. The zero-order valence-electron chi connectivity index (χ0n) is 16.6. The van der Waals surface area contributed by atoms with E-state index in [2.05, 4.69) is 15.5 Å². The van der Waals surface area contributed by atoms with E-state index in [1.807, 2.05) is 25.1 Å². The van der Waals surface area contributed by atoms with Gasteiger partial charge in [-0.05, 0) is 48.9 Å². The Kier molecular flexibility index (Phi) is 4.56. The van der Waals surface area contributed by atoms with Crippen LogP contribution in [0.15, 0.2) is 51.9 Å². The predicted molar refractivity (Wildman–Crippen MR) is 116 cm³/mol. The second-order valence-electron chi connectivity index (χ2n) is 7.41. The predicted octanol–water partition coefficient (Wildman–Crippen LogP) is 3.93. The minimum atomic E-state index is -3.32. The molecule has 4 aromatic rings. The van der Waals surface area contributed by atoms with Gasteiger partial charge in [0.15, 0.2) is 26.4 Å². The monoisotopic (exact) mass is 455 g/mol. The lowest BCUT2D eigenvalue weighted by Crippen LogP contribution is -2.11. The van der Waals surface area contributed by atoms with Crippen molar-refractivity contribution in [3.05, 3.63) is 53.7 Å². The van der Waals surface area contributed by atoms with E-state index in [1.165, 1.54) is 17.4 Å². The van der Waals surface area contributed by atoms with Gasteiger partial charge in [0.2, 0.25) is 0 Å². The van der Waals surface area contributed by atoms with Crippen molar-refractivity contribution < 1.29 is 22.5 Å². The summed E-state index contributed by atoms with van der Waals surface area (Å²) in [5.41, 5.74) is 2.63. The minimum absolute atomic E-state index is 0.121. The zero-order chi connectivity index (χ0) is 21.8. The average molecular weight is 456 g/mol. The van der Waals surface area contributed by atoms with Crippen molar-refractivity contribution >= 4 is 42.4 Å². The zero-order valence-corrected chi connectivity index (χ0v) is 18.2. The van der Waals surface area contributed by atoms with E-state index in [0.717, 1.165) is 29.6 Å². The molecule has 3 heterocycles. The molecule has 10 heteroatoms. The first-order valence-electron chi connectivity index (χ1n) is 9.45. The number of nitrogens with zero attached hydrogens (tertiary/aromatic N) is 2. The third kappa shape index (κ3) is 3.79. The molecule has 1 aliphatic heterocycles. The van der Waals surface area contributed by atoms with Crippen molar-refractivity contribution in [2.24, 2.45) is 0 Å². The fourth-order valence-electron chi connectivity index (χ4n) is 3.44. The van der Waals surface area contributed by atoms with Gasteiger partial charge >= 0.3 is 0 Å². The maximum Gasteiger partial charge on any atom is 0.279 e. The van der Waals surface area contributed by atoms with Crippen molar-refractivity contribution in [1.82, 2.24) is 10.1 Å². The fraction of sp³-hybridized carbons (Fsp3) is 0.190. The van der Waals surface area contributed by atoms with Crippen LogP contribution in [-0.2, 0) is 16.3 Å². The summed E-state index contributed by atoms with van der Waals surface area (Å²) in [6.45, 7) is 2.01. The smallest absolute Gasteiger partial charge is 0.279 e. The van der Waals surface area contributed by atoms with Gasteiger partial charge in [0.05, 0.1) is 15.1 Å². The molecule has 0 spiro atoms. The molecule has 1 atom stereocenters. The Hall–Kier alpha value is -3.24. The number of fused-ring (bicyclic) bond motifs is 2. The van der Waals surface area contributed by atoms with Crippen LogP contribution in [-0.4, -0.2) is 36.8 Å². The summed E-state index contributed by atoms with van der Waals surface area (Å²) < 4.78 is 35.2. The number of anilines is 1. The standard InChI is InChI=1S/C21H17N3O5S2/c1-11-7-13-8-12(3-6-17(13)28-11)18-10-16(24-29-18)20(25)23-21-22-15-5-4-14(31(2,26)27)9-19(15)30-21/h3-6,8-11H,7H2,1-2H3,(H,22,23,25). The Morgan fingerprint density at radius 2 is 2.03 bits per heavy atom. The first kappa shape index (κ1) is 19.7. The van der Waals surface area contributed by atoms with Gasteiger partial charge in [-0.3, -0.25) is 10.1 Å². The minimum Gasteiger partial charge on any atom is -0.490 e. The molecule has 1 aliphatic rings. The number of carbonyl (C=O) groups is 1. The lowest BCUT2D eigenvalue weighted by atomic mass is 10.1. The van der Waals surface area contributed by atoms with Crippen LogP contribution < -0.4 is 10.1 Å². The first-order valence-corrected chi connectivity index (χ1v) is 12.2. The molecule has 1 amide bonds. The van der Waals surface area contributed by atoms with Crippen molar-refractivity contribution in [3.8, 4) is 17.1 Å². The molecule has 5 rings (SSSR count). The molecule has 1 unspecified atom stereocenters. The van der Waals surface area contributed by atoms with Crippen molar-refractivity contribution in [2.75, 3.05) is 11.6 Å². The number of hydrogen-bond donors (Lipinski definition) is 1. The second-order valence-corrected chi connectivity index (χ2v) is 10.5. The van der Waals surface area contributed by atoms with Gasteiger partial charge in [0.25, 0.3) is 5.91 Å². The molecule has 8 nitrogen and oxygen atoms in total. The number of nitrogens with one attached hydrogen (secondary N) is 1. The molecule has 0 saturated heterocycles. The number of rotatable bonds is 4. The lowest BCUT2D eigenvalue weighted by molar-refractivity contribution is 0.101. The lowest BCUT2D eigenvalue weighted by Gasteiger charge is -2.02. The van der Waals surface area contributed by atoms with E-state index < -0.39 is 15.7 Å². The summed E-state index contributed by atoms with van der Waals surface area (Å²) in [6, 6.07) is 12.0. The molecule has 0 radical (unpaired) electrons. The number of amides is 1. The van der Waals surface area contributed by atoms with Gasteiger partial charge in [-0.1, -0.05) is 16.5 Å². The summed E-state index contributed by atoms with van der Waals surface area (Å²) in [5, 5.41) is 6.92. The van der Waals surface area contributed by atoms with Crippen LogP contribution in [0.4, 0.5) is 5.13 Å². The van der Waals surface area contributed by atoms with Crippen LogP contribution in [0.25, 0.3) is 21.5 Å². The van der Waals surface area contributed by atoms with Gasteiger partial charge in [0, 0.05) is 24.3 Å². The van der Waals surface area contributed by atoms with Crippen molar-refractivity contribution in [1.29, 1.82) is 0 Å². The van der Waals surface area contributed by atoms with Gasteiger partial charge in [-0.15, -0.1) is 0 Å². The quantitative estimate of drug-likeness (QED) is 0.496. The number of carbonyl (C=O) groups excluding carboxylic acids is 1. The highest BCUT2D eigenvalue weighted by molar-refractivity contribution is 7.90. The third-order valence-electron chi connectivity index (χ3n) is 4.93. The van der Waals surface area contributed by atoms with Crippen LogP contribution >= 0.6 is 11.3 Å². The molecule has 0 saturated carbocycles. The van der Waals surface area contributed by atoms with Gasteiger partial charge in [-0.2, -0.15) is 0 Å². The highest BCUT2D eigenvalue weighted by Gasteiger charge is 2.21. The Morgan fingerprint density at radius 3 is 2.84 bits per heavy atom. The number of benzene rings is 2. The topological polar surface area (TPSA) is 111 Å². The number of ether oxygens (including phenoxy) is 1. The van der Waals surface area contributed by atoms with E-state index in [4.69, 9.17) is 9.26 Å². The molecule has 0 aliphatic carbocycles. The van der Waals surface area contributed by atoms with E-state index in [0.29, 0.717) is 21.1 Å². The van der Waals surface area contributed by atoms with Gasteiger partial charge in [0.1, 0.15) is 11.9 Å². The Bertz CT molecular complexity index is 1440.